The van der Waals surface area contributed by atoms with Crippen LogP contribution in [0.1, 0.15) is 37.0 Å². The van der Waals surface area contributed by atoms with Gasteiger partial charge in [0.05, 0.1) is 23.7 Å². The second-order valence-corrected chi connectivity index (χ2v) is 7.13. The molecule has 2 unspecified atom stereocenters. The summed E-state index contributed by atoms with van der Waals surface area (Å²) in [5.41, 5.74) is 4.09. The minimum absolute atomic E-state index is 0.00847. The number of rotatable bonds is 5. The Labute approximate surface area is 151 Å². The van der Waals surface area contributed by atoms with E-state index in [-0.39, 0.29) is 18.6 Å². The molecule has 4 rings (SSSR count). The van der Waals surface area contributed by atoms with Crippen molar-refractivity contribution in [2.75, 3.05) is 6.61 Å². The van der Waals surface area contributed by atoms with Crippen LogP contribution in [-0.4, -0.2) is 28.5 Å². The molecule has 2 aromatic rings. The summed E-state index contributed by atoms with van der Waals surface area (Å²) in [6.07, 6.45) is 1.18. The molecular formula is C21H21NO4. The summed E-state index contributed by atoms with van der Waals surface area (Å²) < 4.78 is 0. The molecule has 134 valence electrons. The number of oxime groups is 1. The molecule has 2 aromatic carbocycles. The van der Waals surface area contributed by atoms with Gasteiger partial charge in [0.2, 0.25) is 0 Å². The first-order valence-corrected chi connectivity index (χ1v) is 8.80. The number of aliphatic hydroxyl groups is 1. The predicted molar refractivity (Wildman–Crippen MR) is 97.9 cm³/mol. The standard InChI is InChI=1S/C21H21NO4/c1-13-18(12-23)19(26-22-13)16-4-2-14(3-5-16)15-6-8-17(9-7-15)21(10-11-21)20(24)25/h2-9,18-19,23H,10-12H2,1H3,(H,24,25). The lowest BCUT2D eigenvalue weighted by atomic mass is 9.91. The van der Waals surface area contributed by atoms with E-state index in [0.717, 1.165) is 28.0 Å². The Hall–Kier alpha value is -2.66. The molecule has 0 amide bonds. The lowest BCUT2D eigenvalue weighted by molar-refractivity contribution is -0.140. The minimum Gasteiger partial charge on any atom is -0.481 e. The van der Waals surface area contributed by atoms with E-state index in [2.05, 4.69) is 5.16 Å². The van der Waals surface area contributed by atoms with E-state index >= 15 is 0 Å². The normalized spacial score (nSPS) is 23.2. The maximum Gasteiger partial charge on any atom is 0.314 e. The molecule has 5 heteroatoms. The highest BCUT2D eigenvalue weighted by molar-refractivity contribution is 5.86. The summed E-state index contributed by atoms with van der Waals surface area (Å²) in [6, 6.07) is 15.8. The van der Waals surface area contributed by atoms with Crippen molar-refractivity contribution in [1.82, 2.24) is 0 Å². The fourth-order valence-electron chi connectivity index (χ4n) is 3.62. The van der Waals surface area contributed by atoms with Crippen LogP contribution in [0.5, 0.6) is 0 Å². The van der Waals surface area contributed by atoms with Crippen molar-refractivity contribution in [1.29, 1.82) is 0 Å². The third-order valence-corrected chi connectivity index (χ3v) is 5.58. The first-order chi connectivity index (χ1) is 12.5. The monoisotopic (exact) mass is 351 g/mol. The van der Waals surface area contributed by atoms with Crippen molar-refractivity contribution in [3.8, 4) is 11.1 Å². The highest BCUT2D eigenvalue weighted by Gasteiger charge is 2.51. The minimum atomic E-state index is -0.734. The average Bonchev–Trinajstić information content (AvgIpc) is 3.40. The van der Waals surface area contributed by atoms with Crippen LogP contribution in [0.25, 0.3) is 11.1 Å². The molecule has 2 aliphatic rings. The zero-order chi connectivity index (χ0) is 18.3. The Kier molecular flexibility index (Phi) is 4.04. The quantitative estimate of drug-likeness (QED) is 0.864. The first-order valence-electron chi connectivity index (χ1n) is 8.80. The van der Waals surface area contributed by atoms with Crippen LogP contribution in [0.3, 0.4) is 0 Å². The van der Waals surface area contributed by atoms with E-state index in [1.807, 2.05) is 55.5 Å². The molecule has 2 atom stereocenters. The van der Waals surface area contributed by atoms with Gasteiger partial charge in [-0.25, -0.2) is 0 Å². The van der Waals surface area contributed by atoms with Crippen LogP contribution in [0.4, 0.5) is 0 Å². The SMILES string of the molecule is CC1=NOC(c2ccc(-c3ccc(C4(C(=O)O)CC4)cc3)cc2)C1CO. The van der Waals surface area contributed by atoms with Crippen molar-refractivity contribution in [2.24, 2.45) is 11.1 Å². The summed E-state index contributed by atoms with van der Waals surface area (Å²) in [4.78, 5) is 16.9. The van der Waals surface area contributed by atoms with Gasteiger partial charge in [0, 0.05) is 0 Å². The van der Waals surface area contributed by atoms with Crippen molar-refractivity contribution < 1.29 is 19.8 Å². The molecule has 0 saturated heterocycles. The summed E-state index contributed by atoms with van der Waals surface area (Å²) >= 11 is 0. The molecular weight excluding hydrogens is 330 g/mol. The number of hydrogen-bond donors (Lipinski definition) is 2. The summed E-state index contributed by atoms with van der Waals surface area (Å²) in [7, 11) is 0. The molecule has 0 aromatic heterocycles. The largest absolute Gasteiger partial charge is 0.481 e. The lowest BCUT2D eigenvalue weighted by Crippen LogP contribution is -2.19. The van der Waals surface area contributed by atoms with E-state index in [4.69, 9.17) is 4.84 Å². The fourth-order valence-corrected chi connectivity index (χ4v) is 3.62. The van der Waals surface area contributed by atoms with Crippen LogP contribution >= 0.6 is 0 Å². The van der Waals surface area contributed by atoms with Gasteiger partial charge >= 0.3 is 5.97 Å². The Morgan fingerprint density at radius 3 is 2.19 bits per heavy atom. The molecule has 1 aliphatic carbocycles. The molecule has 0 spiro atoms. The maximum absolute atomic E-state index is 11.4. The number of hydrogen-bond acceptors (Lipinski definition) is 4. The molecule has 0 radical (unpaired) electrons. The second kappa shape index (κ2) is 6.25. The Morgan fingerprint density at radius 2 is 1.69 bits per heavy atom. The molecule has 2 N–H and O–H groups in total. The van der Waals surface area contributed by atoms with Gasteiger partial charge in [-0.15, -0.1) is 0 Å². The molecule has 5 nitrogen and oxygen atoms in total. The first kappa shape index (κ1) is 16.8. The Bertz CT molecular complexity index is 851. The summed E-state index contributed by atoms with van der Waals surface area (Å²) in [5.74, 6) is -0.840. The highest BCUT2D eigenvalue weighted by atomic mass is 16.6. The van der Waals surface area contributed by atoms with Crippen LogP contribution in [-0.2, 0) is 15.0 Å². The van der Waals surface area contributed by atoms with Crippen LogP contribution in [0.2, 0.25) is 0 Å². The van der Waals surface area contributed by atoms with Crippen molar-refractivity contribution in [2.45, 2.75) is 31.3 Å². The van der Waals surface area contributed by atoms with Crippen molar-refractivity contribution in [3.63, 3.8) is 0 Å². The van der Waals surface area contributed by atoms with Crippen molar-refractivity contribution in [3.05, 3.63) is 59.7 Å². The summed E-state index contributed by atoms with van der Waals surface area (Å²) in [5, 5.41) is 22.9. The topological polar surface area (TPSA) is 79.1 Å². The Morgan fingerprint density at radius 1 is 1.12 bits per heavy atom. The number of aliphatic hydroxyl groups excluding tert-OH is 1. The fraction of sp³-hybridized carbons (Fsp3) is 0.333. The third-order valence-electron chi connectivity index (χ3n) is 5.58. The van der Waals surface area contributed by atoms with Gasteiger partial charge < -0.3 is 15.1 Å². The van der Waals surface area contributed by atoms with E-state index in [1.54, 1.807) is 0 Å². The van der Waals surface area contributed by atoms with Crippen LogP contribution < -0.4 is 0 Å². The van der Waals surface area contributed by atoms with Crippen LogP contribution in [0.15, 0.2) is 53.7 Å². The molecule has 0 bridgehead atoms. The van der Waals surface area contributed by atoms with Gasteiger partial charge in [0.25, 0.3) is 0 Å². The zero-order valence-corrected chi connectivity index (χ0v) is 14.6. The molecule has 1 saturated carbocycles. The van der Waals surface area contributed by atoms with Gasteiger partial charge in [0.15, 0.2) is 6.10 Å². The van der Waals surface area contributed by atoms with Gasteiger partial charge in [-0.1, -0.05) is 53.7 Å². The zero-order valence-electron chi connectivity index (χ0n) is 14.6. The number of benzene rings is 2. The van der Waals surface area contributed by atoms with E-state index in [1.165, 1.54) is 0 Å². The lowest BCUT2D eigenvalue weighted by Gasteiger charge is -2.16. The van der Waals surface area contributed by atoms with Crippen LogP contribution in [0, 0.1) is 5.92 Å². The number of carboxylic acids is 1. The van der Waals surface area contributed by atoms with Crippen molar-refractivity contribution >= 4 is 11.7 Å². The Balaban J connectivity index is 1.53. The summed E-state index contributed by atoms with van der Waals surface area (Å²) in [6.45, 7) is 1.87. The maximum atomic E-state index is 11.4. The smallest absolute Gasteiger partial charge is 0.314 e. The number of aliphatic carboxylic acids is 1. The van der Waals surface area contributed by atoms with E-state index in [9.17, 15) is 15.0 Å². The molecule has 26 heavy (non-hydrogen) atoms. The molecule has 1 fully saturated rings. The van der Waals surface area contributed by atoms with Gasteiger partial charge in [-0.2, -0.15) is 0 Å². The van der Waals surface area contributed by atoms with E-state index < -0.39 is 11.4 Å². The number of carboxylic acid groups (broad SMARTS) is 1. The van der Waals surface area contributed by atoms with Gasteiger partial charge in [-0.05, 0) is 42.0 Å². The average molecular weight is 351 g/mol. The van der Waals surface area contributed by atoms with Gasteiger partial charge in [-0.3, -0.25) is 4.79 Å². The number of carbonyl (C=O) groups is 1. The third kappa shape index (κ3) is 2.69. The van der Waals surface area contributed by atoms with Gasteiger partial charge in [0.1, 0.15) is 0 Å². The number of nitrogens with zero attached hydrogens (tertiary/aromatic N) is 1. The predicted octanol–water partition coefficient (Wildman–Crippen LogP) is 3.53. The molecule has 1 aliphatic heterocycles. The van der Waals surface area contributed by atoms with E-state index in [0.29, 0.717) is 12.8 Å². The second-order valence-electron chi connectivity index (χ2n) is 7.13. The highest BCUT2D eigenvalue weighted by Crippen LogP contribution is 2.48. The molecule has 1 heterocycles.